The minimum atomic E-state index is 0.287. The van der Waals surface area contributed by atoms with Gasteiger partial charge in [-0.15, -0.1) is 0 Å². The Balaban J connectivity index is 1.70. The van der Waals surface area contributed by atoms with Gasteiger partial charge in [-0.25, -0.2) is 0 Å². The lowest BCUT2D eigenvalue weighted by molar-refractivity contribution is -0.130. The number of aromatic amines is 1. The predicted octanol–water partition coefficient (Wildman–Crippen LogP) is 4.45. The van der Waals surface area contributed by atoms with Gasteiger partial charge in [-0.05, 0) is 43.7 Å². The number of fused-ring (bicyclic) bond motifs is 1. The van der Waals surface area contributed by atoms with E-state index in [1.165, 1.54) is 36.6 Å². The summed E-state index contributed by atoms with van der Waals surface area (Å²) in [7, 11) is 0. The smallest absolute Gasteiger partial charge is 0.227 e. The van der Waals surface area contributed by atoms with Crippen LogP contribution < -0.4 is 0 Å². The van der Waals surface area contributed by atoms with Gasteiger partial charge in [0.15, 0.2) is 0 Å². The summed E-state index contributed by atoms with van der Waals surface area (Å²) in [4.78, 5) is 18.3. The van der Waals surface area contributed by atoms with E-state index in [0.29, 0.717) is 6.42 Å². The number of benzene rings is 1. The molecule has 1 unspecified atom stereocenters. The first-order valence-electron chi connectivity index (χ1n) is 9.03. The lowest BCUT2D eigenvalue weighted by atomic mass is 9.96. The molecule has 1 amide bonds. The second kappa shape index (κ2) is 7.20. The Kier molecular flexibility index (Phi) is 5.04. The normalized spacial score (nSPS) is 19.0. The van der Waals surface area contributed by atoms with Gasteiger partial charge >= 0.3 is 0 Å². The third-order valence-electron chi connectivity index (χ3n) is 5.25. The maximum atomic E-state index is 12.8. The van der Waals surface area contributed by atoms with Crippen LogP contribution in [0.3, 0.4) is 0 Å². The zero-order valence-electron chi connectivity index (χ0n) is 14.4. The molecule has 1 aliphatic rings. The number of aryl methyl sites for hydroxylation is 1. The van der Waals surface area contributed by atoms with Crippen LogP contribution in [0.4, 0.5) is 0 Å². The standard InChI is InChI=1S/C20H28N2O/c1-3-7-16-8-6-12-22(13-11-16)20(23)14-18-15(2)21-19-10-5-4-9-17(18)19/h4-5,9-10,16,21H,3,6-8,11-14H2,1-2H3. The van der Waals surface area contributed by atoms with Crippen LogP contribution in [0, 0.1) is 12.8 Å². The van der Waals surface area contributed by atoms with Crippen LogP contribution in [-0.2, 0) is 11.2 Å². The van der Waals surface area contributed by atoms with Crippen LogP contribution in [0.15, 0.2) is 24.3 Å². The Hall–Kier alpha value is -1.77. The number of likely N-dealkylation sites (tertiary alicyclic amines) is 1. The fourth-order valence-corrected chi connectivity index (χ4v) is 3.94. The van der Waals surface area contributed by atoms with Crippen molar-refractivity contribution in [3.8, 4) is 0 Å². The van der Waals surface area contributed by atoms with E-state index in [-0.39, 0.29) is 5.91 Å². The molecule has 0 spiro atoms. The molecule has 2 heterocycles. The largest absolute Gasteiger partial charge is 0.358 e. The van der Waals surface area contributed by atoms with Crippen LogP contribution in [0.2, 0.25) is 0 Å². The number of H-pyrrole nitrogens is 1. The van der Waals surface area contributed by atoms with Crippen LogP contribution in [0.5, 0.6) is 0 Å². The van der Waals surface area contributed by atoms with Gasteiger partial charge in [0, 0.05) is 29.7 Å². The fraction of sp³-hybridized carbons (Fsp3) is 0.550. The quantitative estimate of drug-likeness (QED) is 0.889. The van der Waals surface area contributed by atoms with Gasteiger partial charge in [0.1, 0.15) is 0 Å². The van der Waals surface area contributed by atoms with E-state index < -0.39 is 0 Å². The van der Waals surface area contributed by atoms with Crippen molar-refractivity contribution in [2.45, 2.75) is 52.4 Å². The molecule has 0 bridgehead atoms. The molecule has 0 saturated carbocycles. The highest BCUT2D eigenvalue weighted by Crippen LogP contribution is 2.25. The Bertz CT molecular complexity index is 673. The number of carbonyl (C=O) groups excluding carboxylic acids is 1. The maximum absolute atomic E-state index is 12.8. The highest BCUT2D eigenvalue weighted by molar-refractivity contribution is 5.90. The van der Waals surface area contributed by atoms with Gasteiger partial charge in [-0.1, -0.05) is 38.0 Å². The van der Waals surface area contributed by atoms with Crippen LogP contribution in [0.25, 0.3) is 10.9 Å². The van der Waals surface area contributed by atoms with Crippen molar-refractivity contribution in [3.63, 3.8) is 0 Å². The summed E-state index contributed by atoms with van der Waals surface area (Å²) in [5, 5.41) is 1.19. The Morgan fingerprint density at radius 1 is 1.26 bits per heavy atom. The average Bonchev–Trinajstić information content (AvgIpc) is 2.72. The van der Waals surface area contributed by atoms with Crippen molar-refractivity contribution in [2.75, 3.05) is 13.1 Å². The van der Waals surface area contributed by atoms with Crippen LogP contribution in [-0.4, -0.2) is 28.9 Å². The van der Waals surface area contributed by atoms with Gasteiger partial charge in [0.05, 0.1) is 6.42 Å². The van der Waals surface area contributed by atoms with Crippen LogP contribution >= 0.6 is 0 Å². The zero-order valence-corrected chi connectivity index (χ0v) is 14.4. The summed E-state index contributed by atoms with van der Waals surface area (Å²) in [6, 6.07) is 8.27. The molecule has 1 aromatic carbocycles. The number of para-hydroxylation sites is 1. The highest BCUT2D eigenvalue weighted by atomic mass is 16.2. The summed E-state index contributed by atoms with van der Waals surface area (Å²) in [6.45, 7) is 6.20. The van der Waals surface area contributed by atoms with Crippen molar-refractivity contribution in [2.24, 2.45) is 5.92 Å². The molecule has 0 radical (unpaired) electrons. The molecule has 124 valence electrons. The number of nitrogens with zero attached hydrogens (tertiary/aromatic N) is 1. The number of hydrogen-bond donors (Lipinski definition) is 1. The monoisotopic (exact) mass is 312 g/mol. The second-order valence-corrected chi connectivity index (χ2v) is 6.92. The first-order valence-corrected chi connectivity index (χ1v) is 9.03. The summed E-state index contributed by atoms with van der Waals surface area (Å²) < 4.78 is 0. The molecule has 3 nitrogen and oxygen atoms in total. The minimum absolute atomic E-state index is 0.287. The van der Waals surface area contributed by atoms with E-state index in [4.69, 9.17) is 0 Å². The molecule has 1 fully saturated rings. The van der Waals surface area contributed by atoms with E-state index in [2.05, 4.69) is 35.9 Å². The number of amides is 1. The van der Waals surface area contributed by atoms with Crippen molar-refractivity contribution in [1.82, 2.24) is 9.88 Å². The lowest BCUT2D eigenvalue weighted by Crippen LogP contribution is -2.33. The van der Waals surface area contributed by atoms with Crippen molar-refractivity contribution >= 4 is 16.8 Å². The number of carbonyl (C=O) groups is 1. The zero-order chi connectivity index (χ0) is 16.2. The molecule has 1 atom stereocenters. The van der Waals surface area contributed by atoms with E-state index in [1.54, 1.807) is 0 Å². The van der Waals surface area contributed by atoms with Crippen LogP contribution in [0.1, 0.15) is 50.3 Å². The SMILES string of the molecule is CCCC1CCCN(C(=O)Cc2c(C)[nH]c3ccccc23)CC1. The summed E-state index contributed by atoms with van der Waals surface area (Å²) in [6.07, 6.45) is 6.70. The highest BCUT2D eigenvalue weighted by Gasteiger charge is 2.21. The molecule has 1 aliphatic heterocycles. The molecule has 3 rings (SSSR count). The van der Waals surface area contributed by atoms with E-state index >= 15 is 0 Å². The third-order valence-corrected chi connectivity index (χ3v) is 5.25. The van der Waals surface area contributed by atoms with Gasteiger partial charge in [0.2, 0.25) is 5.91 Å². The van der Waals surface area contributed by atoms with Crippen molar-refractivity contribution in [1.29, 1.82) is 0 Å². The Labute approximate surface area is 139 Å². The van der Waals surface area contributed by atoms with Gasteiger partial charge < -0.3 is 9.88 Å². The van der Waals surface area contributed by atoms with Crippen molar-refractivity contribution < 1.29 is 4.79 Å². The molecule has 2 aromatic rings. The molecular weight excluding hydrogens is 284 g/mol. The molecule has 3 heteroatoms. The third kappa shape index (κ3) is 3.60. The van der Waals surface area contributed by atoms with E-state index in [9.17, 15) is 4.79 Å². The molecule has 1 aromatic heterocycles. The predicted molar refractivity (Wildman–Crippen MR) is 95.6 cm³/mol. The number of nitrogens with one attached hydrogen (secondary N) is 1. The summed E-state index contributed by atoms with van der Waals surface area (Å²) in [5.41, 5.74) is 3.42. The van der Waals surface area contributed by atoms with Gasteiger partial charge in [0.25, 0.3) is 0 Å². The molecular formula is C20H28N2O. The minimum Gasteiger partial charge on any atom is -0.358 e. The maximum Gasteiger partial charge on any atom is 0.227 e. The summed E-state index contributed by atoms with van der Waals surface area (Å²) >= 11 is 0. The van der Waals surface area contributed by atoms with Crippen molar-refractivity contribution in [3.05, 3.63) is 35.5 Å². The number of hydrogen-bond acceptors (Lipinski definition) is 1. The summed E-state index contributed by atoms with van der Waals surface area (Å²) in [5.74, 6) is 1.10. The number of aromatic nitrogens is 1. The Morgan fingerprint density at radius 2 is 2.09 bits per heavy atom. The molecule has 1 saturated heterocycles. The first kappa shape index (κ1) is 16.1. The molecule has 1 N–H and O–H groups in total. The number of rotatable bonds is 4. The van der Waals surface area contributed by atoms with Gasteiger partial charge in [-0.2, -0.15) is 0 Å². The van der Waals surface area contributed by atoms with Gasteiger partial charge in [-0.3, -0.25) is 4.79 Å². The first-order chi connectivity index (χ1) is 11.2. The topological polar surface area (TPSA) is 36.1 Å². The average molecular weight is 312 g/mol. The lowest BCUT2D eigenvalue weighted by Gasteiger charge is -2.21. The van der Waals surface area contributed by atoms with E-state index in [1.807, 2.05) is 12.1 Å². The van der Waals surface area contributed by atoms with E-state index in [0.717, 1.165) is 36.6 Å². The fourth-order valence-electron chi connectivity index (χ4n) is 3.94. The molecule has 0 aliphatic carbocycles. The Morgan fingerprint density at radius 3 is 2.91 bits per heavy atom. The second-order valence-electron chi connectivity index (χ2n) is 6.92. The molecule has 23 heavy (non-hydrogen) atoms.